The van der Waals surface area contributed by atoms with Crippen LogP contribution in [0.2, 0.25) is 0 Å². The molecule has 106 valence electrons. The van der Waals surface area contributed by atoms with E-state index < -0.39 is 0 Å². The largest absolute Gasteiger partial charge is 0.442 e. The zero-order valence-corrected chi connectivity index (χ0v) is 13.8. The average Bonchev–Trinajstić information content (AvgIpc) is 2.28. The topological polar surface area (TPSA) is 29.5 Å². The summed E-state index contributed by atoms with van der Waals surface area (Å²) >= 11 is 3.39. The van der Waals surface area contributed by atoms with Gasteiger partial charge in [-0.25, -0.2) is 4.79 Å². The minimum absolute atomic E-state index is 0.129. The molecule has 1 rings (SSSR count). The summed E-state index contributed by atoms with van der Waals surface area (Å²) in [6.45, 7) is 9.86. The van der Waals surface area contributed by atoms with Crippen molar-refractivity contribution in [1.29, 1.82) is 0 Å². The van der Waals surface area contributed by atoms with Crippen molar-refractivity contribution in [3.63, 3.8) is 0 Å². The molecule has 0 aromatic heterocycles. The first-order chi connectivity index (χ1) is 8.82. The lowest BCUT2D eigenvalue weighted by Crippen LogP contribution is -2.42. The molecular weight excluding hydrogens is 306 g/mol. The average molecular weight is 328 g/mol. The summed E-state index contributed by atoms with van der Waals surface area (Å²) in [4.78, 5) is 13.9. The molecule has 19 heavy (non-hydrogen) atoms. The lowest BCUT2D eigenvalue weighted by atomic mass is 10.1. The van der Waals surface area contributed by atoms with E-state index in [1.807, 2.05) is 58.9 Å². The maximum atomic E-state index is 12.2. The first-order valence-corrected chi connectivity index (χ1v) is 7.36. The first-order valence-electron chi connectivity index (χ1n) is 6.57. The number of halogens is 1. The van der Waals surface area contributed by atoms with Crippen LogP contribution in [0.15, 0.2) is 28.7 Å². The smallest absolute Gasteiger partial charge is 0.410 e. The van der Waals surface area contributed by atoms with Crippen LogP contribution >= 0.6 is 15.9 Å². The Bertz CT molecular complexity index is 407. The lowest BCUT2D eigenvalue weighted by Gasteiger charge is -2.31. The molecule has 0 spiro atoms. The second-order valence-corrected chi connectivity index (χ2v) is 6.09. The van der Waals surface area contributed by atoms with E-state index in [1.54, 1.807) is 4.90 Å². The van der Waals surface area contributed by atoms with E-state index in [9.17, 15) is 4.79 Å². The molecule has 0 bridgehead atoms. The second-order valence-electron chi connectivity index (χ2n) is 5.17. The van der Waals surface area contributed by atoms with Crippen LogP contribution in [0.25, 0.3) is 0 Å². The highest BCUT2D eigenvalue weighted by atomic mass is 79.9. The maximum absolute atomic E-state index is 12.2. The lowest BCUT2D eigenvalue weighted by molar-refractivity contribution is 0.0511. The third-order valence-electron chi connectivity index (χ3n) is 2.94. The van der Waals surface area contributed by atoms with Gasteiger partial charge in [0.25, 0.3) is 0 Å². The van der Waals surface area contributed by atoms with Gasteiger partial charge in [0.05, 0.1) is 0 Å². The number of amides is 1. The van der Waals surface area contributed by atoms with Gasteiger partial charge in [-0.15, -0.1) is 0 Å². The van der Waals surface area contributed by atoms with E-state index in [-0.39, 0.29) is 24.3 Å². The van der Waals surface area contributed by atoms with Gasteiger partial charge in [-0.2, -0.15) is 0 Å². The first kappa shape index (κ1) is 16.0. The number of hydrogen-bond acceptors (Lipinski definition) is 2. The molecule has 0 fully saturated rings. The van der Waals surface area contributed by atoms with Gasteiger partial charge < -0.3 is 9.64 Å². The fourth-order valence-electron chi connectivity index (χ4n) is 2.03. The highest BCUT2D eigenvalue weighted by molar-refractivity contribution is 9.10. The van der Waals surface area contributed by atoms with E-state index in [1.165, 1.54) is 0 Å². The fourth-order valence-corrected chi connectivity index (χ4v) is 2.30. The maximum Gasteiger partial charge on any atom is 0.410 e. The van der Waals surface area contributed by atoms with Crippen LogP contribution in [-0.4, -0.2) is 23.1 Å². The molecule has 0 unspecified atom stereocenters. The van der Waals surface area contributed by atoms with Gasteiger partial charge in [-0.05, 0) is 52.3 Å². The molecule has 0 aliphatic heterocycles. The summed E-state index contributed by atoms with van der Waals surface area (Å²) < 4.78 is 6.55. The fraction of sp³-hybridized carbons (Fsp3) is 0.533. The van der Waals surface area contributed by atoms with Gasteiger partial charge in [-0.1, -0.05) is 28.1 Å². The van der Waals surface area contributed by atoms with Crippen molar-refractivity contribution < 1.29 is 9.53 Å². The van der Waals surface area contributed by atoms with Crippen molar-refractivity contribution in [3.8, 4) is 0 Å². The zero-order valence-electron chi connectivity index (χ0n) is 12.2. The molecule has 3 nitrogen and oxygen atoms in total. The van der Waals surface area contributed by atoms with Gasteiger partial charge in [0.2, 0.25) is 0 Å². The molecule has 4 heteroatoms. The SMILES string of the molecule is CC(C)N(C(=O)O[C@@H](C)c1ccc(Br)cc1)C(C)C. The minimum Gasteiger partial charge on any atom is -0.442 e. The van der Waals surface area contributed by atoms with Crippen molar-refractivity contribution in [2.75, 3.05) is 0 Å². The summed E-state index contributed by atoms with van der Waals surface area (Å²) in [5, 5.41) is 0. The van der Waals surface area contributed by atoms with Gasteiger partial charge in [0.15, 0.2) is 0 Å². The predicted octanol–water partition coefficient (Wildman–Crippen LogP) is 4.77. The zero-order chi connectivity index (χ0) is 14.6. The number of hydrogen-bond donors (Lipinski definition) is 0. The van der Waals surface area contributed by atoms with Gasteiger partial charge >= 0.3 is 6.09 Å². The summed E-state index contributed by atoms with van der Waals surface area (Å²) in [5.41, 5.74) is 0.990. The highest BCUT2D eigenvalue weighted by Crippen LogP contribution is 2.21. The molecule has 1 aromatic carbocycles. The molecule has 0 heterocycles. The Balaban J connectivity index is 2.72. The van der Waals surface area contributed by atoms with Crippen LogP contribution in [0.5, 0.6) is 0 Å². The Labute approximate surface area is 124 Å². The van der Waals surface area contributed by atoms with Crippen LogP contribution in [0.4, 0.5) is 4.79 Å². The Morgan fingerprint density at radius 2 is 1.53 bits per heavy atom. The summed E-state index contributed by atoms with van der Waals surface area (Å²) in [5.74, 6) is 0. The molecule has 0 saturated heterocycles. The van der Waals surface area contributed by atoms with Crippen molar-refractivity contribution in [3.05, 3.63) is 34.3 Å². The monoisotopic (exact) mass is 327 g/mol. The van der Waals surface area contributed by atoms with Gasteiger partial charge in [0, 0.05) is 16.6 Å². The Morgan fingerprint density at radius 1 is 1.05 bits per heavy atom. The Hall–Kier alpha value is -1.03. The third-order valence-corrected chi connectivity index (χ3v) is 3.47. The Kier molecular flexibility index (Phi) is 5.85. The molecule has 0 aliphatic rings. The van der Waals surface area contributed by atoms with Crippen LogP contribution in [0.3, 0.4) is 0 Å². The minimum atomic E-state index is -0.264. The van der Waals surface area contributed by atoms with E-state index >= 15 is 0 Å². The second kappa shape index (κ2) is 6.94. The van der Waals surface area contributed by atoms with E-state index in [4.69, 9.17) is 4.74 Å². The quantitative estimate of drug-likeness (QED) is 0.797. The van der Waals surface area contributed by atoms with Crippen molar-refractivity contribution in [2.45, 2.75) is 52.8 Å². The molecule has 0 N–H and O–H groups in total. The number of ether oxygens (including phenoxy) is 1. The molecule has 0 aliphatic carbocycles. The molecule has 1 amide bonds. The van der Waals surface area contributed by atoms with Crippen LogP contribution < -0.4 is 0 Å². The van der Waals surface area contributed by atoms with Crippen molar-refractivity contribution >= 4 is 22.0 Å². The molecule has 1 atom stereocenters. The summed E-state index contributed by atoms with van der Waals surface area (Å²) in [7, 11) is 0. The summed E-state index contributed by atoms with van der Waals surface area (Å²) in [6.07, 6.45) is -0.513. The van der Waals surface area contributed by atoms with Crippen LogP contribution in [0.1, 0.15) is 46.3 Å². The van der Waals surface area contributed by atoms with E-state index in [0.29, 0.717) is 0 Å². The molecular formula is C15H22BrNO2. The van der Waals surface area contributed by atoms with Gasteiger partial charge in [0.1, 0.15) is 6.10 Å². The normalized spacial score (nSPS) is 12.6. The number of benzene rings is 1. The molecule has 0 saturated carbocycles. The Morgan fingerprint density at radius 3 is 1.95 bits per heavy atom. The molecule has 1 aromatic rings. The number of carbonyl (C=O) groups excluding carboxylic acids is 1. The third kappa shape index (κ3) is 4.53. The van der Waals surface area contributed by atoms with Crippen molar-refractivity contribution in [1.82, 2.24) is 4.90 Å². The summed E-state index contributed by atoms with van der Waals surface area (Å²) in [6, 6.07) is 8.06. The molecule has 0 radical (unpaired) electrons. The van der Waals surface area contributed by atoms with Crippen molar-refractivity contribution in [2.24, 2.45) is 0 Å². The van der Waals surface area contributed by atoms with E-state index in [0.717, 1.165) is 10.0 Å². The predicted molar refractivity (Wildman–Crippen MR) is 81.1 cm³/mol. The van der Waals surface area contributed by atoms with Crippen LogP contribution in [-0.2, 0) is 4.74 Å². The van der Waals surface area contributed by atoms with Gasteiger partial charge in [-0.3, -0.25) is 0 Å². The number of carbonyl (C=O) groups is 1. The number of rotatable bonds is 4. The number of nitrogens with zero attached hydrogens (tertiary/aromatic N) is 1. The highest BCUT2D eigenvalue weighted by Gasteiger charge is 2.23. The van der Waals surface area contributed by atoms with E-state index in [2.05, 4.69) is 15.9 Å². The van der Waals surface area contributed by atoms with Crippen LogP contribution in [0, 0.1) is 0 Å². The standard InChI is InChI=1S/C15H22BrNO2/c1-10(2)17(11(3)4)15(18)19-12(5)13-6-8-14(16)9-7-13/h6-12H,1-5H3/t12-/m0/s1.